The van der Waals surface area contributed by atoms with Crippen LogP contribution in [0.3, 0.4) is 0 Å². The number of nitrogens with zero attached hydrogens (tertiary/aromatic N) is 2. The van der Waals surface area contributed by atoms with Crippen molar-refractivity contribution in [3.63, 3.8) is 0 Å². The van der Waals surface area contributed by atoms with E-state index in [9.17, 15) is 14.7 Å². The summed E-state index contributed by atoms with van der Waals surface area (Å²) in [6.45, 7) is 5.62. The Morgan fingerprint density at radius 3 is 2.34 bits per heavy atom. The van der Waals surface area contributed by atoms with Gasteiger partial charge >= 0.3 is 0 Å². The number of hydrogen-bond donors (Lipinski definition) is 2. The first-order valence-corrected chi connectivity index (χ1v) is 9.84. The Morgan fingerprint density at radius 2 is 1.72 bits per heavy atom. The standard InChI is InChI=1S/C25H23N3O4/c1-16(2)25(31)26-15-17-9-11-19(12-10-17)27-28-21-13-20(22(29)14-23(21)32-3)24(30)18-7-5-4-6-8-18/h4-14,29H,1,15H2,2-3H3,(H,26,31). The number of phenols is 1. The van der Waals surface area contributed by atoms with Crippen molar-refractivity contribution >= 4 is 23.1 Å². The van der Waals surface area contributed by atoms with Crippen LogP contribution in [0.4, 0.5) is 11.4 Å². The zero-order valence-electron chi connectivity index (χ0n) is 17.8. The molecule has 0 saturated heterocycles. The van der Waals surface area contributed by atoms with E-state index in [1.165, 1.54) is 19.2 Å². The third-order valence-corrected chi connectivity index (χ3v) is 4.63. The van der Waals surface area contributed by atoms with Crippen LogP contribution in [0.5, 0.6) is 11.5 Å². The summed E-state index contributed by atoms with van der Waals surface area (Å²) in [5.41, 5.74) is 2.79. The van der Waals surface area contributed by atoms with E-state index in [0.717, 1.165) is 5.56 Å². The molecule has 0 saturated carbocycles. The highest BCUT2D eigenvalue weighted by atomic mass is 16.5. The molecule has 0 bridgehead atoms. The predicted molar refractivity (Wildman–Crippen MR) is 122 cm³/mol. The maximum atomic E-state index is 12.8. The number of phenolic OH excluding ortho intramolecular Hbond substituents is 1. The van der Waals surface area contributed by atoms with Crippen LogP contribution in [-0.4, -0.2) is 23.9 Å². The molecule has 0 spiro atoms. The number of hydrogen-bond acceptors (Lipinski definition) is 6. The first-order valence-electron chi connectivity index (χ1n) is 9.84. The molecule has 1 amide bonds. The average molecular weight is 429 g/mol. The molecular formula is C25H23N3O4. The molecule has 0 atom stereocenters. The van der Waals surface area contributed by atoms with E-state index in [1.54, 1.807) is 43.3 Å². The molecule has 32 heavy (non-hydrogen) atoms. The molecule has 0 aliphatic heterocycles. The summed E-state index contributed by atoms with van der Waals surface area (Å²) in [6, 6.07) is 18.6. The van der Waals surface area contributed by atoms with Gasteiger partial charge in [0.2, 0.25) is 5.91 Å². The molecule has 3 aromatic carbocycles. The van der Waals surface area contributed by atoms with E-state index < -0.39 is 0 Å². The second kappa shape index (κ2) is 10.2. The molecule has 3 aromatic rings. The van der Waals surface area contributed by atoms with Crippen molar-refractivity contribution in [3.05, 3.63) is 95.6 Å². The van der Waals surface area contributed by atoms with Gasteiger partial charge in [-0.15, -0.1) is 5.11 Å². The lowest BCUT2D eigenvalue weighted by molar-refractivity contribution is -0.117. The van der Waals surface area contributed by atoms with Crippen LogP contribution in [0.1, 0.15) is 28.4 Å². The highest BCUT2D eigenvalue weighted by molar-refractivity contribution is 6.11. The second-order valence-corrected chi connectivity index (χ2v) is 7.07. The number of carbonyl (C=O) groups excluding carboxylic acids is 2. The minimum Gasteiger partial charge on any atom is -0.507 e. The summed E-state index contributed by atoms with van der Waals surface area (Å²) in [5.74, 6) is -0.441. The number of carbonyl (C=O) groups is 2. The third kappa shape index (κ3) is 5.46. The Kier molecular flexibility index (Phi) is 7.13. The molecule has 0 heterocycles. The number of ether oxygens (including phenoxy) is 1. The van der Waals surface area contributed by atoms with Gasteiger partial charge in [-0.1, -0.05) is 49.0 Å². The molecule has 0 fully saturated rings. The SMILES string of the molecule is C=C(C)C(=O)NCc1ccc(N=Nc2cc(C(=O)c3ccccc3)c(O)cc2OC)cc1. The Bertz CT molecular complexity index is 1170. The molecule has 3 rings (SSSR count). The van der Waals surface area contributed by atoms with Crippen molar-refractivity contribution in [1.82, 2.24) is 5.32 Å². The van der Waals surface area contributed by atoms with E-state index in [2.05, 4.69) is 22.1 Å². The van der Waals surface area contributed by atoms with Gasteiger partial charge in [0.25, 0.3) is 0 Å². The van der Waals surface area contributed by atoms with Crippen molar-refractivity contribution in [2.45, 2.75) is 13.5 Å². The van der Waals surface area contributed by atoms with Gasteiger partial charge < -0.3 is 15.2 Å². The van der Waals surface area contributed by atoms with E-state index in [0.29, 0.717) is 29.1 Å². The number of aromatic hydroxyl groups is 1. The first kappa shape index (κ1) is 22.4. The fourth-order valence-corrected chi connectivity index (χ4v) is 2.85. The monoisotopic (exact) mass is 429 g/mol. The number of ketones is 1. The number of rotatable bonds is 8. The minimum atomic E-state index is -0.330. The normalized spacial score (nSPS) is 10.7. The highest BCUT2D eigenvalue weighted by Gasteiger charge is 2.17. The van der Waals surface area contributed by atoms with Crippen molar-refractivity contribution in [2.75, 3.05) is 7.11 Å². The van der Waals surface area contributed by atoms with Gasteiger partial charge in [0.15, 0.2) is 5.78 Å². The van der Waals surface area contributed by atoms with Crippen molar-refractivity contribution < 1.29 is 19.4 Å². The molecule has 7 heteroatoms. The summed E-state index contributed by atoms with van der Waals surface area (Å²) in [6.07, 6.45) is 0. The Balaban J connectivity index is 1.81. The highest BCUT2D eigenvalue weighted by Crippen LogP contribution is 2.36. The minimum absolute atomic E-state index is 0.106. The predicted octanol–water partition coefficient (Wildman–Crippen LogP) is 5.24. The van der Waals surface area contributed by atoms with Crippen molar-refractivity contribution in [2.24, 2.45) is 10.2 Å². The maximum absolute atomic E-state index is 12.8. The Hall–Kier alpha value is -4.26. The van der Waals surface area contributed by atoms with Gasteiger partial charge in [0, 0.05) is 23.7 Å². The number of benzene rings is 3. The molecule has 0 aromatic heterocycles. The lowest BCUT2D eigenvalue weighted by Crippen LogP contribution is -2.22. The summed E-state index contributed by atoms with van der Waals surface area (Å²) >= 11 is 0. The summed E-state index contributed by atoms with van der Waals surface area (Å²) < 4.78 is 5.28. The zero-order valence-corrected chi connectivity index (χ0v) is 17.8. The molecule has 0 aliphatic carbocycles. The quantitative estimate of drug-likeness (QED) is 0.290. The largest absolute Gasteiger partial charge is 0.507 e. The second-order valence-electron chi connectivity index (χ2n) is 7.07. The van der Waals surface area contributed by atoms with Crippen LogP contribution in [0.15, 0.2) is 89.1 Å². The summed E-state index contributed by atoms with van der Waals surface area (Å²) in [4.78, 5) is 24.4. The molecule has 0 aliphatic rings. The zero-order chi connectivity index (χ0) is 23.1. The first-order chi connectivity index (χ1) is 15.4. The Morgan fingerprint density at radius 1 is 1.03 bits per heavy atom. The van der Waals surface area contributed by atoms with Crippen LogP contribution in [0.25, 0.3) is 0 Å². The number of methoxy groups -OCH3 is 1. The van der Waals surface area contributed by atoms with Gasteiger partial charge in [0.05, 0.1) is 18.4 Å². The maximum Gasteiger partial charge on any atom is 0.246 e. The van der Waals surface area contributed by atoms with Gasteiger partial charge in [-0.05, 0) is 30.7 Å². The van der Waals surface area contributed by atoms with Gasteiger partial charge in [-0.25, -0.2) is 0 Å². The summed E-state index contributed by atoms with van der Waals surface area (Å²) in [7, 11) is 1.44. The molecule has 0 unspecified atom stereocenters. The molecule has 0 radical (unpaired) electrons. The van der Waals surface area contributed by atoms with E-state index in [4.69, 9.17) is 4.74 Å². The van der Waals surface area contributed by atoms with Crippen LogP contribution < -0.4 is 10.1 Å². The fourth-order valence-electron chi connectivity index (χ4n) is 2.85. The van der Waals surface area contributed by atoms with Crippen LogP contribution >= 0.6 is 0 Å². The number of amides is 1. The van der Waals surface area contributed by atoms with Crippen LogP contribution in [-0.2, 0) is 11.3 Å². The fraction of sp³-hybridized carbons (Fsp3) is 0.120. The number of azo groups is 1. The molecule has 7 nitrogen and oxygen atoms in total. The van der Waals surface area contributed by atoms with E-state index in [1.807, 2.05) is 18.2 Å². The van der Waals surface area contributed by atoms with Gasteiger partial charge in [0.1, 0.15) is 17.2 Å². The van der Waals surface area contributed by atoms with Gasteiger partial charge in [-0.2, -0.15) is 5.11 Å². The number of nitrogens with one attached hydrogen (secondary N) is 1. The van der Waals surface area contributed by atoms with Crippen molar-refractivity contribution in [3.8, 4) is 11.5 Å². The third-order valence-electron chi connectivity index (χ3n) is 4.63. The lowest BCUT2D eigenvalue weighted by atomic mass is 10.0. The van der Waals surface area contributed by atoms with Crippen LogP contribution in [0.2, 0.25) is 0 Å². The van der Waals surface area contributed by atoms with E-state index >= 15 is 0 Å². The lowest BCUT2D eigenvalue weighted by Gasteiger charge is -2.09. The topological polar surface area (TPSA) is 100 Å². The molecular weight excluding hydrogens is 406 g/mol. The molecule has 2 N–H and O–H groups in total. The van der Waals surface area contributed by atoms with Gasteiger partial charge in [-0.3, -0.25) is 9.59 Å². The summed E-state index contributed by atoms with van der Waals surface area (Å²) in [5, 5.41) is 21.5. The molecule has 162 valence electrons. The van der Waals surface area contributed by atoms with E-state index in [-0.39, 0.29) is 28.8 Å². The smallest absolute Gasteiger partial charge is 0.246 e. The average Bonchev–Trinajstić information content (AvgIpc) is 2.82. The van der Waals surface area contributed by atoms with Crippen LogP contribution in [0, 0.1) is 0 Å². The Labute approximate surface area is 186 Å². The van der Waals surface area contributed by atoms with Crippen molar-refractivity contribution in [1.29, 1.82) is 0 Å².